The van der Waals surface area contributed by atoms with E-state index in [0.29, 0.717) is 6.54 Å². The van der Waals surface area contributed by atoms with Crippen LogP contribution in [0, 0.1) is 22.7 Å². The summed E-state index contributed by atoms with van der Waals surface area (Å²) in [5, 5.41) is 12.3. The maximum absolute atomic E-state index is 13.2. The van der Waals surface area contributed by atoms with Gasteiger partial charge in [-0.2, -0.15) is 0 Å². The molecule has 1 aliphatic heterocycles. The number of rotatable bonds is 3. The number of nitrogens with zero attached hydrogens (tertiary/aromatic N) is 1. The fourth-order valence-electron chi connectivity index (χ4n) is 4.04. The Balaban J connectivity index is 2.20. The molecule has 2 rings (SSSR count). The number of likely N-dealkylation sites (tertiary alicyclic amines) is 1. The van der Waals surface area contributed by atoms with Gasteiger partial charge in [0.05, 0.1) is 0 Å². The number of hydrogen-bond acceptors (Lipinski definition) is 4. The number of carbonyl (C=O) groups is 3. The van der Waals surface area contributed by atoms with E-state index in [9.17, 15) is 19.5 Å². The number of alkyl carbamates (subject to hydrolysis) is 1. The molecule has 0 radical (unpaired) electrons. The van der Waals surface area contributed by atoms with Crippen molar-refractivity contribution in [1.82, 2.24) is 10.2 Å². The molecule has 1 saturated carbocycles. The molecule has 1 aliphatic carbocycles. The summed E-state index contributed by atoms with van der Waals surface area (Å²) >= 11 is 0. The molecule has 7 nitrogen and oxygen atoms in total. The van der Waals surface area contributed by atoms with Gasteiger partial charge in [0.2, 0.25) is 5.91 Å². The minimum absolute atomic E-state index is 0.0360. The average molecular weight is 368 g/mol. The number of ether oxygens (including phenoxy) is 1. The molecule has 2 N–H and O–H groups in total. The molecule has 1 heterocycles. The molecule has 148 valence electrons. The molecule has 0 aromatic heterocycles. The van der Waals surface area contributed by atoms with E-state index >= 15 is 0 Å². The van der Waals surface area contributed by atoms with Gasteiger partial charge in [-0.3, -0.25) is 4.79 Å². The molecule has 4 atom stereocenters. The summed E-state index contributed by atoms with van der Waals surface area (Å²) in [6.45, 7) is 15.2. The highest BCUT2D eigenvalue weighted by molar-refractivity contribution is 5.91. The highest BCUT2D eigenvalue weighted by atomic mass is 16.6. The minimum Gasteiger partial charge on any atom is -0.480 e. The number of carboxylic acids is 1. The van der Waals surface area contributed by atoms with Gasteiger partial charge in [0.25, 0.3) is 0 Å². The number of aliphatic carboxylic acids is 1. The van der Waals surface area contributed by atoms with Gasteiger partial charge in [0, 0.05) is 12.5 Å². The Hall–Kier alpha value is -1.79. The third kappa shape index (κ3) is 3.81. The summed E-state index contributed by atoms with van der Waals surface area (Å²) in [6.07, 6.45) is -0.678. The molecular weight excluding hydrogens is 336 g/mol. The molecule has 0 aromatic rings. The van der Waals surface area contributed by atoms with Crippen molar-refractivity contribution >= 4 is 18.0 Å². The van der Waals surface area contributed by atoms with E-state index in [-0.39, 0.29) is 23.2 Å². The lowest BCUT2D eigenvalue weighted by atomic mass is 9.85. The molecule has 0 spiro atoms. The van der Waals surface area contributed by atoms with Crippen molar-refractivity contribution in [3.05, 3.63) is 0 Å². The zero-order chi connectivity index (χ0) is 20.2. The number of nitrogens with one attached hydrogen (secondary N) is 1. The largest absolute Gasteiger partial charge is 0.480 e. The summed E-state index contributed by atoms with van der Waals surface area (Å²) in [4.78, 5) is 38.6. The molecule has 2 amide bonds. The second-order valence-electron chi connectivity index (χ2n) is 10.2. The third-order valence-electron chi connectivity index (χ3n) is 5.52. The first-order valence-electron chi connectivity index (χ1n) is 9.10. The Bertz CT molecular complexity index is 614. The van der Waals surface area contributed by atoms with E-state index < -0.39 is 35.2 Å². The van der Waals surface area contributed by atoms with Crippen LogP contribution in [-0.2, 0) is 14.3 Å². The van der Waals surface area contributed by atoms with Gasteiger partial charge >= 0.3 is 12.1 Å². The topological polar surface area (TPSA) is 95.9 Å². The second kappa shape index (κ2) is 6.13. The molecule has 2 aliphatic rings. The van der Waals surface area contributed by atoms with Crippen LogP contribution in [0.1, 0.15) is 55.4 Å². The van der Waals surface area contributed by atoms with Gasteiger partial charge in [-0.25, -0.2) is 9.59 Å². The summed E-state index contributed by atoms with van der Waals surface area (Å²) in [5.74, 6) is -1.19. The number of carbonyl (C=O) groups excluding carboxylic acids is 2. The van der Waals surface area contributed by atoms with Crippen molar-refractivity contribution in [2.75, 3.05) is 6.54 Å². The lowest BCUT2D eigenvalue weighted by Crippen LogP contribution is -2.58. The van der Waals surface area contributed by atoms with Crippen molar-refractivity contribution in [3.8, 4) is 0 Å². The number of amides is 2. The minimum atomic E-state index is -0.985. The molecule has 1 saturated heterocycles. The quantitative estimate of drug-likeness (QED) is 0.798. The Labute approximate surface area is 155 Å². The second-order valence-corrected chi connectivity index (χ2v) is 10.2. The van der Waals surface area contributed by atoms with Crippen molar-refractivity contribution in [1.29, 1.82) is 0 Å². The molecule has 26 heavy (non-hydrogen) atoms. The SMILES string of the molecule is CC(C)(C)OC(=O)N[C@H](C(=O)N1CC2C(C1C(=O)O)C2(C)C)C(C)(C)C. The predicted octanol–water partition coefficient (Wildman–Crippen LogP) is 2.49. The van der Waals surface area contributed by atoms with Crippen molar-refractivity contribution < 1.29 is 24.2 Å². The predicted molar refractivity (Wildman–Crippen MR) is 96.5 cm³/mol. The molecular formula is C19H32N2O5. The van der Waals surface area contributed by atoms with E-state index in [0.717, 1.165) is 0 Å². The summed E-state index contributed by atoms with van der Waals surface area (Å²) in [6, 6.07) is -1.70. The Morgan fingerprint density at radius 3 is 2.12 bits per heavy atom. The highest BCUT2D eigenvalue weighted by Gasteiger charge is 2.70. The molecule has 7 heteroatoms. The molecule has 3 unspecified atom stereocenters. The van der Waals surface area contributed by atoms with E-state index in [2.05, 4.69) is 5.32 Å². The number of piperidine rings is 1. The molecule has 0 bridgehead atoms. The smallest absolute Gasteiger partial charge is 0.408 e. The molecule has 2 fully saturated rings. The van der Waals surface area contributed by atoms with Crippen LogP contribution in [0.5, 0.6) is 0 Å². The fourth-order valence-corrected chi connectivity index (χ4v) is 4.04. The Morgan fingerprint density at radius 1 is 1.15 bits per heavy atom. The average Bonchev–Trinajstić information content (AvgIpc) is 2.81. The number of carboxylic acid groups (broad SMARTS) is 1. The number of fused-ring (bicyclic) bond motifs is 1. The van der Waals surface area contributed by atoms with Gasteiger partial charge in [0.15, 0.2) is 0 Å². The van der Waals surface area contributed by atoms with E-state index in [1.54, 1.807) is 20.8 Å². The summed E-state index contributed by atoms with van der Waals surface area (Å²) < 4.78 is 5.28. The standard InChI is InChI=1S/C19H32N2O5/c1-17(2,3)13(20-16(25)26-18(4,5)6)14(22)21-9-10-11(19(10,7)8)12(21)15(23)24/h10-13H,9H2,1-8H3,(H,20,25)(H,23,24)/t10?,11?,12?,13-/m1/s1. The van der Waals surface area contributed by atoms with Crippen LogP contribution in [0.3, 0.4) is 0 Å². The maximum Gasteiger partial charge on any atom is 0.408 e. The molecule has 0 aromatic carbocycles. The van der Waals surface area contributed by atoms with Crippen molar-refractivity contribution in [2.45, 2.75) is 73.1 Å². The van der Waals surface area contributed by atoms with Gasteiger partial charge in [0.1, 0.15) is 17.7 Å². The van der Waals surface area contributed by atoms with Gasteiger partial charge in [-0.1, -0.05) is 34.6 Å². The first kappa shape index (κ1) is 20.5. The summed E-state index contributed by atoms with van der Waals surface area (Å²) in [7, 11) is 0. The summed E-state index contributed by atoms with van der Waals surface area (Å²) in [5.41, 5.74) is -1.33. The van der Waals surface area contributed by atoms with E-state index in [1.807, 2.05) is 34.6 Å². The zero-order valence-electron chi connectivity index (χ0n) is 17.0. The van der Waals surface area contributed by atoms with Crippen LogP contribution < -0.4 is 5.32 Å². The lowest BCUT2D eigenvalue weighted by molar-refractivity contribution is -0.152. The fraction of sp³-hybridized carbons (Fsp3) is 0.842. The van der Waals surface area contributed by atoms with Crippen LogP contribution in [0.4, 0.5) is 4.79 Å². The van der Waals surface area contributed by atoms with E-state index in [4.69, 9.17) is 4.74 Å². The first-order chi connectivity index (χ1) is 11.6. The van der Waals surface area contributed by atoms with Gasteiger partial charge in [-0.15, -0.1) is 0 Å². The number of hydrogen-bond donors (Lipinski definition) is 2. The normalized spacial score (nSPS) is 28.2. The van der Waals surface area contributed by atoms with Crippen molar-refractivity contribution in [2.24, 2.45) is 22.7 Å². The highest BCUT2D eigenvalue weighted by Crippen LogP contribution is 2.65. The van der Waals surface area contributed by atoms with Crippen LogP contribution in [0.2, 0.25) is 0 Å². The first-order valence-corrected chi connectivity index (χ1v) is 9.10. The van der Waals surface area contributed by atoms with Crippen LogP contribution >= 0.6 is 0 Å². The van der Waals surface area contributed by atoms with E-state index in [1.165, 1.54) is 4.90 Å². The Morgan fingerprint density at radius 2 is 1.69 bits per heavy atom. The third-order valence-corrected chi connectivity index (χ3v) is 5.52. The van der Waals surface area contributed by atoms with Crippen LogP contribution in [-0.4, -0.2) is 52.2 Å². The maximum atomic E-state index is 13.2. The Kier molecular flexibility index (Phi) is 4.84. The van der Waals surface area contributed by atoms with Gasteiger partial charge in [-0.05, 0) is 37.5 Å². The lowest BCUT2D eigenvalue weighted by Gasteiger charge is -2.37. The van der Waals surface area contributed by atoms with Gasteiger partial charge < -0.3 is 20.1 Å². The van der Waals surface area contributed by atoms with Crippen LogP contribution in [0.15, 0.2) is 0 Å². The van der Waals surface area contributed by atoms with Crippen molar-refractivity contribution in [3.63, 3.8) is 0 Å². The van der Waals surface area contributed by atoms with Crippen LogP contribution in [0.25, 0.3) is 0 Å². The zero-order valence-corrected chi connectivity index (χ0v) is 17.0. The monoisotopic (exact) mass is 368 g/mol.